The van der Waals surface area contributed by atoms with Crippen LogP contribution in [0, 0.1) is 13.8 Å². The van der Waals surface area contributed by atoms with Crippen molar-refractivity contribution in [2.75, 3.05) is 0 Å². The van der Waals surface area contributed by atoms with Gasteiger partial charge in [-0.05, 0) is 59.1 Å². The fourth-order valence-electron chi connectivity index (χ4n) is 2.89. The van der Waals surface area contributed by atoms with Crippen LogP contribution in [-0.2, 0) is 0 Å². The third kappa shape index (κ3) is 2.80. The zero-order chi connectivity index (χ0) is 14.9. The van der Waals surface area contributed by atoms with Gasteiger partial charge in [-0.3, -0.25) is 0 Å². The maximum absolute atomic E-state index is 2.32. The van der Waals surface area contributed by atoms with Crippen molar-refractivity contribution in [2.45, 2.75) is 53.4 Å². The van der Waals surface area contributed by atoms with E-state index in [2.05, 4.69) is 77.9 Å². The van der Waals surface area contributed by atoms with Gasteiger partial charge in [0.05, 0.1) is 0 Å². The van der Waals surface area contributed by atoms with Crippen molar-refractivity contribution in [3.05, 3.63) is 58.7 Å². The van der Waals surface area contributed by atoms with Gasteiger partial charge in [-0.1, -0.05) is 64.1 Å². The Morgan fingerprint density at radius 1 is 0.750 bits per heavy atom. The van der Waals surface area contributed by atoms with Crippen molar-refractivity contribution in [2.24, 2.45) is 0 Å². The van der Waals surface area contributed by atoms with Crippen LogP contribution < -0.4 is 0 Å². The molecule has 0 bridgehead atoms. The molecule has 0 aromatic heterocycles. The van der Waals surface area contributed by atoms with Crippen molar-refractivity contribution >= 4 is 0 Å². The summed E-state index contributed by atoms with van der Waals surface area (Å²) >= 11 is 0. The Kier molecular flexibility index (Phi) is 4.32. The van der Waals surface area contributed by atoms with Crippen LogP contribution in [0.3, 0.4) is 0 Å². The molecule has 0 unspecified atom stereocenters. The fourth-order valence-corrected chi connectivity index (χ4v) is 2.89. The van der Waals surface area contributed by atoms with Gasteiger partial charge >= 0.3 is 0 Å². The van der Waals surface area contributed by atoms with E-state index in [1.807, 2.05) is 0 Å². The number of hydrogen-bond donors (Lipinski definition) is 0. The highest BCUT2D eigenvalue weighted by Gasteiger charge is 2.15. The van der Waals surface area contributed by atoms with Gasteiger partial charge in [0.15, 0.2) is 0 Å². The minimum absolute atomic E-state index is 0.546. The van der Waals surface area contributed by atoms with E-state index in [0.29, 0.717) is 11.8 Å². The first-order chi connectivity index (χ1) is 9.41. The predicted molar refractivity (Wildman–Crippen MR) is 89.5 cm³/mol. The highest BCUT2D eigenvalue weighted by Crippen LogP contribution is 2.35. The Morgan fingerprint density at radius 2 is 1.45 bits per heavy atom. The average molecular weight is 266 g/mol. The summed E-state index contributed by atoms with van der Waals surface area (Å²) in [6.45, 7) is 13.5. The maximum Gasteiger partial charge on any atom is -0.0146 e. The van der Waals surface area contributed by atoms with Crippen molar-refractivity contribution in [1.29, 1.82) is 0 Å². The number of rotatable bonds is 3. The van der Waals surface area contributed by atoms with Crippen molar-refractivity contribution in [3.8, 4) is 11.1 Å². The van der Waals surface area contributed by atoms with Gasteiger partial charge in [0.2, 0.25) is 0 Å². The molecule has 2 aromatic carbocycles. The minimum atomic E-state index is 0.546. The lowest BCUT2D eigenvalue weighted by Crippen LogP contribution is -2.01. The molecule has 0 atom stereocenters. The zero-order valence-corrected chi connectivity index (χ0v) is 13.6. The van der Waals surface area contributed by atoms with Crippen LogP contribution in [0.15, 0.2) is 36.4 Å². The molecule has 0 saturated carbocycles. The highest BCUT2D eigenvalue weighted by molar-refractivity contribution is 5.71. The summed E-state index contributed by atoms with van der Waals surface area (Å²) in [5, 5.41) is 0. The van der Waals surface area contributed by atoms with Crippen molar-refractivity contribution in [3.63, 3.8) is 0 Å². The first-order valence-electron chi connectivity index (χ1n) is 7.62. The van der Waals surface area contributed by atoms with E-state index in [9.17, 15) is 0 Å². The lowest BCUT2D eigenvalue weighted by Gasteiger charge is -2.21. The SMILES string of the molecule is Cc1ccc(-c2cccc(C(C)C)c2C(C)C)cc1C. The van der Waals surface area contributed by atoms with E-state index in [1.54, 1.807) is 0 Å². The number of hydrogen-bond acceptors (Lipinski definition) is 0. The van der Waals surface area contributed by atoms with Crippen LogP contribution in [0.5, 0.6) is 0 Å². The van der Waals surface area contributed by atoms with Gasteiger partial charge in [-0.15, -0.1) is 0 Å². The van der Waals surface area contributed by atoms with E-state index < -0.39 is 0 Å². The molecule has 0 aliphatic rings. The van der Waals surface area contributed by atoms with Crippen LogP contribution in [0.1, 0.15) is 61.8 Å². The minimum Gasteiger partial charge on any atom is -0.0613 e. The van der Waals surface area contributed by atoms with Gasteiger partial charge in [0, 0.05) is 0 Å². The Hall–Kier alpha value is -1.56. The van der Waals surface area contributed by atoms with Crippen LogP contribution in [0.2, 0.25) is 0 Å². The van der Waals surface area contributed by atoms with E-state index in [-0.39, 0.29) is 0 Å². The summed E-state index contributed by atoms with van der Waals surface area (Å²) < 4.78 is 0. The van der Waals surface area contributed by atoms with Crippen LogP contribution in [0.25, 0.3) is 11.1 Å². The first-order valence-corrected chi connectivity index (χ1v) is 7.62. The molecule has 0 heteroatoms. The molecule has 0 N–H and O–H groups in total. The second-order valence-electron chi connectivity index (χ2n) is 6.42. The van der Waals surface area contributed by atoms with Crippen molar-refractivity contribution in [1.82, 2.24) is 0 Å². The second-order valence-corrected chi connectivity index (χ2v) is 6.42. The molecule has 106 valence electrons. The Labute approximate surface area is 123 Å². The molecule has 0 nitrogen and oxygen atoms in total. The smallest absolute Gasteiger partial charge is 0.0146 e. The van der Waals surface area contributed by atoms with Gasteiger partial charge in [-0.25, -0.2) is 0 Å². The summed E-state index contributed by atoms with van der Waals surface area (Å²) in [7, 11) is 0. The summed E-state index contributed by atoms with van der Waals surface area (Å²) in [4.78, 5) is 0. The monoisotopic (exact) mass is 266 g/mol. The van der Waals surface area contributed by atoms with Crippen LogP contribution >= 0.6 is 0 Å². The molecule has 0 amide bonds. The van der Waals surface area contributed by atoms with E-state index in [0.717, 1.165) is 0 Å². The summed E-state index contributed by atoms with van der Waals surface area (Å²) in [5.74, 6) is 1.11. The summed E-state index contributed by atoms with van der Waals surface area (Å²) in [6, 6.07) is 13.6. The van der Waals surface area contributed by atoms with E-state index in [4.69, 9.17) is 0 Å². The standard InChI is InChI=1S/C20H26/c1-13(2)18-8-7-9-19(20(18)14(3)4)17-11-10-15(5)16(6)12-17/h7-14H,1-6H3. The van der Waals surface area contributed by atoms with Crippen molar-refractivity contribution < 1.29 is 0 Å². The molecule has 2 rings (SSSR count). The molecule has 2 aromatic rings. The van der Waals surface area contributed by atoms with Crippen LogP contribution in [-0.4, -0.2) is 0 Å². The lowest BCUT2D eigenvalue weighted by molar-refractivity contribution is 0.792. The fraction of sp³-hybridized carbons (Fsp3) is 0.400. The van der Waals surface area contributed by atoms with E-state index in [1.165, 1.54) is 33.4 Å². The highest BCUT2D eigenvalue weighted by atomic mass is 14.2. The van der Waals surface area contributed by atoms with Gasteiger partial charge in [0.25, 0.3) is 0 Å². The molecule has 0 aliphatic carbocycles. The summed E-state index contributed by atoms with van der Waals surface area (Å²) in [5.41, 5.74) is 8.46. The molecular formula is C20H26. The molecular weight excluding hydrogens is 240 g/mol. The Balaban J connectivity index is 2.67. The lowest BCUT2D eigenvalue weighted by atomic mass is 9.84. The van der Waals surface area contributed by atoms with Gasteiger partial charge < -0.3 is 0 Å². The maximum atomic E-state index is 2.32. The third-order valence-corrected chi connectivity index (χ3v) is 4.16. The van der Waals surface area contributed by atoms with Gasteiger partial charge in [-0.2, -0.15) is 0 Å². The molecule has 0 heterocycles. The molecule has 0 saturated heterocycles. The van der Waals surface area contributed by atoms with E-state index >= 15 is 0 Å². The quantitative estimate of drug-likeness (QED) is 0.619. The largest absolute Gasteiger partial charge is 0.0613 e. The molecule has 0 spiro atoms. The van der Waals surface area contributed by atoms with Crippen LogP contribution in [0.4, 0.5) is 0 Å². The first kappa shape index (κ1) is 14.8. The summed E-state index contributed by atoms with van der Waals surface area (Å²) in [6.07, 6.45) is 0. The zero-order valence-electron chi connectivity index (χ0n) is 13.6. The predicted octanol–water partition coefficient (Wildman–Crippen LogP) is 6.22. The second kappa shape index (κ2) is 5.83. The third-order valence-electron chi connectivity index (χ3n) is 4.16. The Bertz CT molecular complexity index is 603. The van der Waals surface area contributed by atoms with Gasteiger partial charge in [0.1, 0.15) is 0 Å². The normalized spacial score (nSPS) is 11.4. The number of benzene rings is 2. The molecule has 0 aliphatic heterocycles. The topological polar surface area (TPSA) is 0 Å². The average Bonchev–Trinajstić information content (AvgIpc) is 2.40. The molecule has 0 radical (unpaired) electrons. The Morgan fingerprint density at radius 3 is 2.00 bits per heavy atom. The molecule has 20 heavy (non-hydrogen) atoms. The molecule has 0 fully saturated rings. The number of aryl methyl sites for hydroxylation is 2.